The fourth-order valence-electron chi connectivity index (χ4n) is 3.05. The molecule has 0 saturated heterocycles. The van der Waals surface area contributed by atoms with Gasteiger partial charge in [-0.25, -0.2) is 0 Å². The maximum absolute atomic E-state index is 11.3. The molecule has 0 spiro atoms. The van der Waals surface area contributed by atoms with Gasteiger partial charge in [0.05, 0.1) is 18.1 Å². The maximum atomic E-state index is 11.3. The minimum Gasteiger partial charge on any atom is -0.481 e. The summed E-state index contributed by atoms with van der Waals surface area (Å²) in [7, 11) is 0. The molecule has 0 aromatic heterocycles. The third kappa shape index (κ3) is 23.3. The van der Waals surface area contributed by atoms with Crippen molar-refractivity contribution < 1.29 is 19.4 Å². The highest BCUT2D eigenvalue weighted by molar-refractivity contribution is 8.00. The minimum absolute atomic E-state index is 0.0482. The summed E-state index contributed by atoms with van der Waals surface area (Å²) in [5.74, 6) is -0.266. The molecule has 1 N–H and O–H groups in total. The summed E-state index contributed by atoms with van der Waals surface area (Å²) < 4.78 is 5.09. The molecule has 160 valence electrons. The van der Waals surface area contributed by atoms with Gasteiger partial charge in [0.2, 0.25) is 0 Å². The van der Waals surface area contributed by atoms with Crippen LogP contribution in [0.2, 0.25) is 0 Å². The van der Waals surface area contributed by atoms with E-state index in [1.807, 2.05) is 0 Å². The first-order valence-electron chi connectivity index (χ1n) is 11.0. The number of aliphatic carboxylic acids is 1. The second kappa shape index (κ2) is 20.0. The van der Waals surface area contributed by atoms with Gasteiger partial charge >= 0.3 is 11.9 Å². The Bertz CT molecular complexity index is 358. The number of carbonyl (C=O) groups excluding carboxylic acids is 1. The average Bonchev–Trinajstić information content (AvgIpc) is 2.60. The van der Waals surface area contributed by atoms with Gasteiger partial charge in [-0.3, -0.25) is 9.59 Å². The fourth-order valence-corrected chi connectivity index (χ4v) is 3.58. The largest absolute Gasteiger partial charge is 0.481 e. The fraction of sp³-hybridized carbons (Fsp3) is 0.909. The monoisotopic (exact) mass is 402 g/mol. The molecule has 0 fully saturated rings. The maximum Gasteiger partial charge on any atom is 0.315 e. The summed E-state index contributed by atoms with van der Waals surface area (Å²) >= 11 is 1.08. The third-order valence-electron chi connectivity index (χ3n) is 4.63. The molecular formula is C22H42O4S. The van der Waals surface area contributed by atoms with Gasteiger partial charge in [-0.15, -0.1) is 11.8 Å². The number of hydrogen-bond donors (Lipinski definition) is 1. The lowest BCUT2D eigenvalue weighted by molar-refractivity contribution is -0.140. The van der Waals surface area contributed by atoms with Crippen LogP contribution in [0.25, 0.3) is 0 Å². The van der Waals surface area contributed by atoms with Crippen molar-refractivity contribution in [3.05, 3.63) is 0 Å². The highest BCUT2D eigenvalue weighted by atomic mass is 32.2. The Morgan fingerprint density at radius 1 is 0.741 bits per heavy atom. The molecule has 0 rings (SSSR count). The van der Waals surface area contributed by atoms with Crippen LogP contribution in [0, 0.1) is 5.92 Å². The molecule has 4 nitrogen and oxygen atoms in total. The molecule has 0 radical (unpaired) electrons. The van der Waals surface area contributed by atoms with Crippen LogP contribution in [0.5, 0.6) is 0 Å². The zero-order valence-corrected chi connectivity index (χ0v) is 18.5. The van der Waals surface area contributed by atoms with Crippen LogP contribution < -0.4 is 0 Å². The zero-order valence-electron chi connectivity index (χ0n) is 17.7. The van der Waals surface area contributed by atoms with E-state index < -0.39 is 5.97 Å². The Morgan fingerprint density at radius 3 is 1.63 bits per heavy atom. The molecular weight excluding hydrogens is 360 g/mol. The number of rotatable bonds is 20. The second-order valence-electron chi connectivity index (χ2n) is 7.89. The SMILES string of the molecule is CC(C)CCCCCCCCCCCCCCCOC(=O)CSCC(=O)O. The van der Waals surface area contributed by atoms with Crippen molar-refractivity contribution >= 4 is 23.7 Å². The number of carboxylic acids is 1. The molecule has 0 atom stereocenters. The standard InChI is InChI=1S/C22H42O4S/c1-20(2)16-14-12-10-8-6-4-3-5-7-9-11-13-15-17-26-22(25)19-27-18-21(23)24/h20H,3-19H2,1-2H3,(H,23,24). The van der Waals surface area contributed by atoms with Crippen LogP contribution in [0.1, 0.15) is 104 Å². The second-order valence-corrected chi connectivity index (χ2v) is 8.87. The topological polar surface area (TPSA) is 63.6 Å². The van der Waals surface area contributed by atoms with Crippen LogP contribution in [-0.4, -0.2) is 35.2 Å². The molecule has 27 heavy (non-hydrogen) atoms. The predicted molar refractivity (Wildman–Crippen MR) is 115 cm³/mol. The first-order valence-corrected chi connectivity index (χ1v) is 12.1. The van der Waals surface area contributed by atoms with Gasteiger partial charge in [0.15, 0.2) is 0 Å². The van der Waals surface area contributed by atoms with Gasteiger partial charge in [-0.1, -0.05) is 97.3 Å². The Hall–Kier alpha value is -0.710. The summed E-state index contributed by atoms with van der Waals surface area (Å²) in [4.78, 5) is 21.7. The van der Waals surface area contributed by atoms with Gasteiger partial charge in [0, 0.05) is 0 Å². The van der Waals surface area contributed by atoms with Crippen molar-refractivity contribution in [2.75, 3.05) is 18.1 Å². The van der Waals surface area contributed by atoms with Gasteiger partial charge in [0.25, 0.3) is 0 Å². The Kier molecular flexibility index (Phi) is 19.5. The Labute approximate surface area is 171 Å². The summed E-state index contributed by atoms with van der Waals surface area (Å²) in [5.41, 5.74) is 0. The average molecular weight is 403 g/mol. The first kappa shape index (κ1) is 26.3. The molecule has 0 bridgehead atoms. The van der Waals surface area contributed by atoms with Crippen molar-refractivity contribution in [1.82, 2.24) is 0 Å². The van der Waals surface area contributed by atoms with E-state index in [0.29, 0.717) is 6.61 Å². The highest BCUT2D eigenvalue weighted by Gasteiger charge is 2.05. The molecule has 0 aliphatic heterocycles. The van der Waals surface area contributed by atoms with Crippen molar-refractivity contribution in [1.29, 1.82) is 0 Å². The van der Waals surface area contributed by atoms with E-state index in [2.05, 4.69) is 13.8 Å². The first-order chi connectivity index (χ1) is 13.0. The minimum atomic E-state index is -0.898. The predicted octanol–water partition coefficient (Wildman–Crippen LogP) is 6.46. The Morgan fingerprint density at radius 2 is 1.19 bits per heavy atom. The lowest BCUT2D eigenvalue weighted by atomic mass is 10.0. The molecule has 5 heteroatoms. The van der Waals surface area contributed by atoms with Crippen LogP contribution in [0.15, 0.2) is 0 Å². The molecule has 0 heterocycles. The molecule has 0 aliphatic carbocycles. The van der Waals surface area contributed by atoms with Crippen LogP contribution in [0.3, 0.4) is 0 Å². The number of thioether (sulfide) groups is 1. The van der Waals surface area contributed by atoms with E-state index in [0.717, 1.165) is 30.5 Å². The lowest BCUT2D eigenvalue weighted by Crippen LogP contribution is -2.10. The van der Waals surface area contributed by atoms with E-state index in [4.69, 9.17) is 9.84 Å². The smallest absolute Gasteiger partial charge is 0.315 e. The van der Waals surface area contributed by atoms with Crippen molar-refractivity contribution in [2.45, 2.75) is 104 Å². The quantitative estimate of drug-likeness (QED) is 0.187. The van der Waals surface area contributed by atoms with E-state index in [9.17, 15) is 9.59 Å². The molecule has 0 aromatic rings. The van der Waals surface area contributed by atoms with Crippen molar-refractivity contribution in [3.8, 4) is 0 Å². The van der Waals surface area contributed by atoms with E-state index >= 15 is 0 Å². The summed E-state index contributed by atoms with van der Waals surface area (Å²) in [5, 5.41) is 8.49. The van der Waals surface area contributed by atoms with E-state index in [1.165, 1.54) is 77.0 Å². The number of hydrogen-bond acceptors (Lipinski definition) is 4. The number of ether oxygens (including phenoxy) is 1. The van der Waals surface area contributed by atoms with Gasteiger partial charge in [0.1, 0.15) is 0 Å². The highest BCUT2D eigenvalue weighted by Crippen LogP contribution is 2.14. The van der Waals surface area contributed by atoms with Gasteiger partial charge in [-0.05, 0) is 12.3 Å². The summed E-state index contributed by atoms with van der Waals surface area (Å²) in [6, 6.07) is 0. The molecule has 0 saturated carbocycles. The number of esters is 1. The van der Waals surface area contributed by atoms with Crippen molar-refractivity contribution in [2.24, 2.45) is 5.92 Å². The van der Waals surface area contributed by atoms with Gasteiger partial charge in [-0.2, -0.15) is 0 Å². The zero-order chi connectivity index (χ0) is 20.2. The normalized spacial score (nSPS) is 11.1. The van der Waals surface area contributed by atoms with E-state index in [-0.39, 0.29) is 17.5 Å². The molecule has 0 aliphatic rings. The van der Waals surface area contributed by atoms with Crippen LogP contribution in [0.4, 0.5) is 0 Å². The number of carboxylic acid groups (broad SMARTS) is 1. The van der Waals surface area contributed by atoms with Gasteiger partial charge < -0.3 is 9.84 Å². The van der Waals surface area contributed by atoms with Crippen LogP contribution in [-0.2, 0) is 14.3 Å². The summed E-state index contributed by atoms with van der Waals surface area (Å²) in [6.45, 7) is 5.08. The number of carbonyl (C=O) groups is 2. The number of unbranched alkanes of at least 4 members (excludes halogenated alkanes) is 12. The third-order valence-corrected chi connectivity index (χ3v) is 5.53. The lowest BCUT2D eigenvalue weighted by Gasteiger charge is -2.05. The van der Waals surface area contributed by atoms with E-state index in [1.54, 1.807) is 0 Å². The Balaban J connectivity index is 3.12. The molecule has 0 amide bonds. The molecule has 0 aromatic carbocycles. The van der Waals surface area contributed by atoms with Crippen molar-refractivity contribution in [3.63, 3.8) is 0 Å². The van der Waals surface area contributed by atoms with Crippen LogP contribution >= 0.6 is 11.8 Å². The molecule has 0 unspecified atom stereocenters. The summed E-state index contributed by atoms with van der Waals surface area (Å²) in [6.07, 6.45) is 18.3.